The Morgan fingerprint density at radius 1 is 1.50 bits per heavy atom. The second-order valence-electron chi connectivity index (χ2n) is 4.10. The largest absolute Gasteiger partial charge is 0.469 e. The SMILES string of the molecule is COC(=O)CCn1nc(C)c(CNCCO)c1C. The minimum Gasteiger partial charge on any atom is -0.469 e. The van der Waals surface area contributed by atoms with Gasteiger partial charge in [-0.15, -0.1) is 0 Å². The Morgan fingerprint density at radius 2 is 2.22 bits per heavy atom. The number of aromatic nitrogens is 2. The van der Waals surface area contributed by atoms with Gasteiger partial charge in [-0.25, -0.2) is 0 Å². The summed E-state index contributed by atoms with van der Waals surface area (Å²) in [7, 11) is 1.38. The zero-order chi connectivity index (χ0) is 13.5. The summed E-state index contributed by atoms with van der Waals surface area (Å²) in [6.45, 7) is 5.81. The number of aliphatic hydroxyl groups is 1. The van der Waals surface area contributed by atoms with Crippen LogP contribution in [0.25, 0.3) is 0 Å². The first-order valence-corrected chi connectivity index (χ1v) is 6.01. The van der Waals surface area contributed by atoms with Crippen molar-refractivity contribution in [2.75, 3.05) is 20.3 Å². The van der Waals surface area contributed by atoms with Crippen molar-refractivity contribution in [3.05, 3.63) is 17.0 Å². The summed E-state index contributed by atoms with van der Waals surface area (Å²) in [4.78, 5) is 11.1. The molecule has 0 aliphatic heterocycles. The number of carbonyl (C=O) groups excluding carboxylic acids is 1. The Hall–Kier alpha value is -1.40. The van der Waals surface area contributed by atoms with E-state index in [-0.39, 0.29) is 12.6 Å². The monoisotopic (exact) mass is 255 g/mol. The Bertz CT molecular complexity index is 402. The number of aliphatic hydroxyl groups excluding tert-OH is 1. The van der Waals surface area contributed by atoms with Gasteiger partial charge in [-0.2, -0.15) is 5.10 Å². The molecule has 0 unspecified atom stereocenters. The zero-order valence-corrected chi connectivity index (χ0v) is 11.2. The molecule has 0 bridgehead atoms. The van der Waals surface area contributed by atoms with Gasteiger partial charge >= 0.3 is 5.97 Å². The van der Waals surface area contributed by atoms with Gasteiger partial charge < -0.3 is 15.2 Å². The highest BCUT2D eigenvalue weighted by atomic mass is 16.5. The third kappa shape index (κ3) is 3.82. The molecule has 1 rings (SSSR count). The lowest BCUT2D eigenvalue weighted by Gasteiger charge is -2.05. The van der Waals surface area contributed by atoms with E-state index < -0.39 is 0 Å². The van der Waals surface area contributed by atoms with Crippen LogP contribution in [-0.4, -0.2) is 41.1 Å². The van der Waals surface area contributed by atoms with Gasteiger partial charge in [0.2, 0.25) is 0 Å². The average molecular weight is 255 g/mol. The van der Waals surface area contributed by atoms with Crippen LogP contribution in [0.1, 0.15) is 23.4 Å². The summed E-state index contributed by atoms with van der Waals surface area (Å²) in [5, 5.41) is 16.3. The smallest absolute Gasteiger partial charge is 0.307 e. The fourth-order valence-electron chi connectivity index (χ4n) is 1.80. The van der Waals surface area contributed by atoms with E-state index in [9.17, 15) is 4.79 Å². The van der Waals surface area contributed by atoms with Crippen molar-refractivity contribution >= 4 is 5.97 Å². The molecule has 0 radical (unpaired) electrons. The molecule has 0 saturated heterocycles. The number of hydrogen-bond donors (Lipinski definition) is 2. The van der Waals surface area contributed by atoms with Crippen molar-refractivity contribution in [2.24, 2.45) is 0 Å². The first-order valence-electron chi connectivity index (χ1n) is 6.01. The topological polar surface area (TPSA) is 76.4 Å². The van der Waals surface area contributed by atoms with E-state index in [2.05, 4.69) is 15.2 Å². The third-order valence-electron chi connectivity index (χ3n) is 2.88. The quantitative estimate of drug-likeness (QED) is 0.535. The van der Waals surface area contributed by atoms with Crippen LogP contribution in [0, 0.1) is 13.8 Å². The summed E-state index contributed by atoms with van der Waals surface area (Å²) in [6, 6.07) is 0. The molecule has 6 nitrogen and oxygen atoms in total. The highest BCUT2D eigenvalue weighted by Crippen LogP contribution is 2.13. The predicted octanol–water partition coefficient (Wildman–Crippen LogP) is 0.145. The van der Waals surface area contributed by atoms with Crippen LogP contribution in [0.3, 0.4) is 0 Å². The molecule has 0 saturated carbocycles. The van der Waals surface area contributed by atoms with Crippen molar-refractivity contribution in [3.63, 3.8) is 0 Å². The summed E-state index contributed by atoms with van der Waals surface area (Å²) in [5.41, 5.74) is 3.11. The van der Waals surface area contributed by atoms with Crippen molar-refractivity contribution in [3.8, 4) is 0 Å². The zero-order valence-electron chi connectivity index (χ0n) is 11.2. The normalized spacial score (nSPS) is 10.7. The lowest BCUT2D eigenvalue weighted by atomic mass is 10.2. The highest BCUT2D eigenvalue weighted by Gasteiger charge is 2.12. The number of nitrogens with zero attached hydrogens (tertiary/aromatic N) is 2. The Morgan fingerprint density at radius 3 is 2.83 bits per heavy atom. The maximum Gasteiger partial charge on any atom is 0.307 e. The molecule has 1 aromatic rings. The number of methoxy groups -OCH3 is 1. The summed E-state index contributed by atoms with van der Waals surface area (Å²) in [6.07, 6.45) is 0.321. The molecule has 1 aromatic heterocycles. The van der Waals surface area contributed by atoms with Crippen LogP contribution in [0.2, 0.25) is 0 Å². The van der Waals surface area contributed by atoms with Crippen LogP contribution < -0.4 is 5.32 Å². The van der Waals surface area contributed by atoms with Gasteiger partial charge in [0.05, 0.1) is 32.4 Å². The Balaban J connectivity index is 2.65. The molecule has 102 valence electrons. The molecular weight excluding hydrogens is 234 g/mol. The summed E-state index contributed by atoms with van der Waals surface area (Å²) < 4.78 is 6.43. The summed E-state index contributed by atoms with van der Waals surface area (Å²) in [5.74, 6) is -0.234. The van der Waals surface area contributed by atoms with Crippen LogP contribution in [0.5, 0.6) is 0 Å². The molecule has 2 N–H and O–H groups in total. The van der Waals surface area contributed by atoms with E-state index in [0.29, 0.717) is 26.1 Å². The van der Waals surface area contributed by atoms with Crippen molar-refractivity contribution in [1.29, 1.82) is 0 Å². The number of esters is 1. The molecule has 0 aliphatic rings. The molecule has 0 fully saturated rings. The first kappa shape index (κ1) is 14.7. The predicted molar refractivity (Wildman–Crippen MR) is 67.1 cm³/mol. The van der Waals surface area contributed by atoms with Gasteiger partial charge in [-0.05, 0) is 13.8 Å². The maximum absolute atomic E-state index is 11.1. The lowest BCUT2D eigenvalue weighted by molar-refractivity contribution is -0.140. The van der Waals surface area contributed by atoms with E-state index in [1.807, 2.05) is 18.5 Å². The highest BCUT2D eigenvalue weighted by molar-refractivity contribution is 5.68. The van der Waals surface area contributed by atoms with E-state index >= 15 is 0 Å². The number of ether oxygens (including phenoxy) is 1. The summed E-state index contributed by atoms with van der Waals surface area (Å²) >= 11 is 0. The first-order chi connectivity index (χ1) is 8.60. The van der Waals surface area contributed by atoms with Gasteiger partial charge in [-0.3, -0.25) is 9.48 Å². The Labute approximate surface area is 107 Å². The van der Waals surface area contributed by atoms with Gasteiger partial charge in [-0.1, -0.05) is 0 Å². The van der Waals surface area contributed by atoms with Gasteiger partial charge in [0.25, 0.3) is 0 Å². The molecule has 18 heavy (non-hydrogen) atoms. The average Bonchev–Trinajstić information content (AvgIpc) is 2.63. The van der Waals surface area contributed by atoms with Gasteiger partial charge in [0.1, 0.15) is 0 Å². The van der Waals surface area contributed by atoms with Gasteiger partial charge in [0.15, 0.2) is 0 Å². The molecule has 0 atom stereocenters. The third-order valence-corrected chi connectivity index (χ3v) is 2.88. The molecule has 0 aromatic carbocycles. The lowest BCUT2D eigenvalue weighted by Crippen LogP contribution is -2.18. The van der Waals surface area contributed by atoms with E-state index in [4.69, 9.17) is 5.11 Å². The van der Waals surface area contributed by atoms with E-state index in [0.717, 1.165) is 17.0 Å². The van der Waals surface area contributed by atoms with E-state index in [1.165, 1.54) is 7.11 Å². The molecule has 0 aliphatic carbocycles. The Kier molecular flexibility index (Phi) is 5.80. The van der Waals surface area contributed by atoms with Crippen molar-refractivity contribution in [2.45, 2.75) is 33.4 Å². The maximum atomic E-state index is 11.1. The number of nitrogens with one attached hydrogen (secondary N) is 1. The molecule has 0 spiro atoms. The molecule has 1 heterocycles. The molecular formula is C12H21N3O3. The minimum atomic E-state index is -0.234. The molecule has 6 heteroatoms. The second kappa shape index (κ2) is 7.13. The number of rotatable bonds is 7. The van der Waals surface area contributed by atoms with Crippen LogP contribution in [0.15, 0.2) is 0 Å². The van der Waals surface area contributed by atoms with Crippen LogP contribution in [0.4, 0.5) is 0 Å². The number of hydrogen-bond acceptors (Lipinski definition) is 5. The minimum absolute atomic E-state index is 0.120. The second-order valence-corrected chi connectivity index (χ2v) is 4.10. The fourth-order valence-corrected chi connectivity index (χ4v) is 1.80. The van der Waals surface area contributed by atoms with Gasteiger partial charge in [0, 0.05) is 24.3 Å². The van der Waals surface area contributed by atoms with Crippen LogP contribution >= 0.6 is 0 Å². The molecule has 0 amide bonds. The van der Waals surface area contributed by atoms with E-state index in [1.54, 1.807) is 0 Å². The van der Waals surface area contributed by atoms with Crippen LogP contribution in [-0.2, 0) is 22.6 Å². The fraction of sp³-hybridized carbons (Fsp3) is 0.667. The van der Waals surface area contributed by atoms with Crippen molar-refractivity contribution in [1.82, 2.24) is 15.1 Å². The van der Waals surface area contributed by atoms with Crippen molar-refractivity contribution < 1.29 is 14.6 Å². The number of carbonyl (C=O) groups is 1. The standard InChI is InChI=1S/C12H21N3O3/c1-9-11(8-13-5-7-16)10(2)15(14-9)6-4-12(17)18-3/h13,16H,4-8H2,1-3H3. The number of aryl methyl sites for hydroxylation is 2.